The van der Waals surface area contributed by atoms with Crippen molar-refractivity contribution in [3.63, 3.8) is 0 Å². The van der Waals surface area contributed by atoms with Crippen LogP contribution in [0, 0.1) is 0 Å². The Morgan fingerprint density at radius 3 is 1.51 bits per heavy atom. The molecule has 0 saturated carbocycles. The number of aliphatic carboxylic acids is 1. The van der Waals surface area contributed by atoms with Crippen LogP contribution in [0.25, 0.3) is 0 Å². The van der Waals surface area contributed by atoms with Crippen LogP contribution in [-0.2, 0) is 33.3 Å². The van der Waals surface area contributed by atoms with E-state index in [1.807, 2.05) is 0 Å². The molecular weight excluding hydrogens is 753 g/mol. The molecule has 4 N–H and O–H groups in total. The fourth-order valence-corrected chi connectivity index (χ4v) is 6.81. The van der Waals surface area contributed by atoms with Gasteiger partial charge in [-0.1, -0.05) is 172 Å². The zero-order valence-electron chi connectivity index (χ0n) is 36.7. The molecule has 11 nitrogen and oxygen atoms in total. The monoisotopic (exact) mass is 835 g/mol. The van der Waals surface area contributed by atoms with E-state index in [2.05, 4.69) is 62.5 Å². The molecular formula is C48H82O11. The first-order valence-corrected chi connectivity index (χ1v) is 23.2. The molecule has 340 valence electrons. The van der Waals surface area contributed by atoms with Gasteiger partial charge in [0.25, 0.3) is 0 Å². The fourth-order valence-electron chi connectivity index (χ4n) is 6.81. The van der Waals surface area contributed by atoms with Gasteiger partial charge in [0.05, 0.1) is 6.61 Å². The molecule has 1 rings (SSSR count). The van der Waals surface area contributed by atoms with Crippen LogP contribution in [0.2, 0.25) is 0 Å². The standard InChI is InChI=1S/C48H82O11/c1-3-5-7-9-11-13-15-17-19-20-21-22-23-25-26-28-30-32-34-36-41(49)56-38-40(39-57-48-45(53)43(51)44(52)46(59-48)47(54)55)58-42(50)37-35-33-31-29-27-24-18-16-14-12-10-8-6-4-2/h5,7,11,13,17,19,21-22,40,43-46,48,51-53H,3-4,6,8-10,12,14-16,18,20,23-39H2,1-2H3,(H,54,55)/b7-5-,13-11-,19-17-,22-21-. The van der Waals surface area contributed by atoms with Gasteiger partial charge in [-0.2, -0.15) is 0 Å². The zero-order valence-corrected chi connectivity index (χ0v) is 36.7. The number of carboxylic acid groups (broad SMARTS) is 1. The van der Waals surface area contributed by atoms with E-state index in [0.29, 0.717) is 12.8 Å². The number of esters is 2. The predicted octanol–water partition coefficient (Wildman–Crippen LogP) is 10.1. The van der Waals surface area contributed by atoms with E-state index >= 15 is 0 Å². The lowest BCUT2D eigenvalue weighted by atomic mass is 9.99. The highest BCUT2D eigenvalue weighted by molar-refractivity contribution is 5.73. The summed E-state index contributed by atoms with van der Waals surface area (Å²) in [5, 5.41) is 39.8. The first kappa shape index (κ1) is 54.2. The van der Waals surface area contributed by atoms with E-state index in [9.17, 15) is 34.8 Å². The highest BCUT2D eigenvalue weighted by atomic mass is 16.7. The van der Waals surface area contributed by atoms with Crippen molar-refractivity contribution in [3.8, 4) is 0 Å². The van der Waals surface area contributed by atoms with Crippen LogP contribution in [0.1, 0.15) is 187 Å². The van der Waals surface area contributed by atoms with Gasteiger partial charge < -0.3 is 39.4 Å². The summed E-state index contributed by atoms with van der Waals surface area (Å²) in [7, 11) is 0. The highest BCUT2D eigenvalue weighted by Gasteiger charge is 2.47. The lowest BCUT2D eigenvalue weighted by molar-refractivity contribution is -0.298. The lowest BCUT2D eigenvalue weighted by Gasteiger charge is -2.38. The number of ether oxygens (including phenoxy) is 4. The van der Waals surface area contributed by atoms with Gasteiger partial charge in [0.1, 0.15) is 24.9 Å². The summed E-state index contributed by atoms with van der Waals surface area (Å²) in [4.78, 5) is 36.9. The van der Waals surface area contributed by atoms with Gasteiger partial charge in [-0.25, -0.2) is 4.79 Å². The summed E-state index contributed by atoms with van der Waals surface area (Å²) in [5.74, 6) is -2.46. The van der Waals surface area contributed by atoms with Crippen LogP contribution in [0.5, 0.6) is 0 Å². The number of hydrogen-bond donors (Lipinski definition) is 4. The van der Waals surface area contributed by atoms with Crippen molar-refractivity contribution in [2.75, 3.05) is 13.2 Å². The van der Waals surface area contributed by atoms with Crippen LogP contribution in [-0.4, -0.2) is 88.4 Å². The Balaban J connectivity index is 2.35. The molecule has 1 saturated heterocycles. The molecule has 59 heavy (non-hydrogen) atoms. The molecule has 6 unspecified atom stereocenters. The predicted molar refractivity (Wildman–Crippen MR) is 234 cm³/mol. The SMILES string of the molecule is CC/C=C\C/C=C\C/C=C\C/C=C\CCCCCCCCC(=O)OCC(COC1OC(C(=O)O)C(O)C(O)C1O)OC(=O)CCCCCCCCCCCCCCCC. The summed E-state index contributed by atoms with van der Waals surface area (Å²) >= 11 is 0. The number of carboxylic acids is 1. The molecule has 0 radical (unpaired) electrons. The molecule has 6 atom stereocenters. The van der Waals surface area contributed by atoms with E-state index in [1.165, 1.54) is 64.2 Å². The van der Waals surface area contributed by atoms with E-state index in [-0.39, 0.29) is 19.4 Å². The molecule has 1 aliphatic rings. The maximum Gasteiger partial charge on any atom is 0.335 e. The Morgan fingerprint density at radius 2 is 1.00 bits per heavy atom. The first-order valence-electron chi connectivity index (χ1n) is 23.2. The number of carbonyl (C=O) groups excluding carboxylic acids is 2. The zero-order chi connectivity index (χ0) is 43.2. The third-order valence-corrected chi connectivity index (χ3v) is 10.4. The third kappa shape index (κ3) is 29.9. The van der Waals surface area contributed by atoms with E-state index in [4.69, 9.17) is 18.9 Å². The van der Waals surface area contributed by atoms with E-state index in [1.54, 1.807) is 0 Å². The lowest BCUT2D eigenvalue weighted by Crippen LogP contribution is -2.60. The number of aliphatic hydroxyl groups excluding tert-OH is 3. The maximum absolute atomic E-state index is 12.8. The molecule has 0 aromatic rings. The van der Waals surface area contributed by atoms with Gasteiger partial charge >= 0.3 is 17.9 Å². The van der Waals surface area contributed by atoms with E-state index in [0.717, 1.165) is 83.5 Å². The number of rotatable bonds is 38. The van der Waals surface area contributed by atoms with Crippen LogP contribution in [0.15, 0.2) is 48.6 Å². The highest BCUT2D eigenvalue weighted by Crippen LogP contribution is 2.23. The van der Waals surface area contributed by atoms with Crippen molar-refractivity contribution >= 4 is 17.9 Å². The fraction of sp³-hybridized carbons (Fsp3) is 0.771. The minimum atomic E-state index is -1.86. The summed E-state index contributed by atoms with van der Waals surface area (Å²) in [6.07, 6.45) is 35.8. The van der Waals surface area contributed by atoms with Gasteiger partial charge in [-0.3, -0.25) is 9.59 Å². The van der Waals surface area contributed by atoms with Gasteiger partial charge in [-0.05, 0) is 51.4 Å². The Kier molecular flexibility index (Phi) is 35.0. The second kappa shape index (κ2) is 38.1. The maximum atomic E-state index is 12.8. The number of allylic oxidation sites excluding steroid dienone is 8. The Bertz CT molecular complexity index is 1170. The summed E-state index contributed by atoms with van der Waals surface area (Å²) in [6.45, 7) is 3.69. The van der Waals surface area contributed by atoms with Crippen molar-refractivity contribution in [2.45, 2.75) is 224 Å². The molecule has 1 fully saturated rings. The Hall–Kier alpha value is -2.83. The molecule has 0 amide bonds. The molecule has 0 aliphatic carbocycles. The molecule has 0 aromatic carbocycles. The number of hydrogen-bond acceptors (Lipinski definition) is 10. The first-order chi connectivity index (χ1) is 28.7. The Labute approximate surface area is 356 Å². The number of unbranched alkanes of at least 4 members (excludes halogenated alkanes) is 19. The normalized spacial score (nSPS) is 20.3. The van der Waals surface area contributed by atoms with Crippen molar-refractivity contribution in [3.05, 3.63) is 48.6 Å². The van der Waals surface area contributed by atoms with E-state index < -0.39 is 61.3 Å². The number of carbonyl (C=O) groups is 3. The summed E-state index contributed by atoms with van der Waals surface area (Å²) < 4.78 is 21.7. The molecule has 0 spiro atoms. The molecule has 0 bridgehead atoms. The molecule has 11 heteroatoms. The van der Waals surface area contributed by atoms with Crippen molar-refractivity contribution in [1.82, 2.24) is 0 Å². The van der Waals surface area contributed by atoms with Crippen LogP contribution >= 0.6 is 0 Å². The largest absolute Gasteiger partial charge is 0.479 e. The average Bonchev–Trinajstić information content (AvgIpc) is 3.22. The topological polar surface area (TPSA) is 169 Å². The van der Waals surface area contributed by atoms with Gasteiger partial charge in [0.15, 0.2) is 18.5 Å². The quantitative estimate of drug-likeness (QED) is 0.0265. The molecule has 1 heterocycles. The van der Waals surface area contributed by atoms with Crippen molar-refractivity contribution in [2.24, 2.45) is 0 Å². The Morgan fingerprint density at radius 1 is 0.542 bits per heavy atom. The summed E-state index contributed by atoms with van der Waals surface area (Å²) in [6, 6.07) is 0. The smallest absolute Gasteiger partial charge is 0.335 e. The van der Waals surface area contributed by atoms with Gasteiger partial charge in [0.2, 0.25) is 0 Å². The minimum Gasteiger partial charge on any atom is -0.479 e. The van der Waals surface area contributed by atoms with Crippen LogP contribution < -0.4 is 0 Å². The van der Waals surface area contributed by atoms with Gasteiger partial charge in [-0.15, -0.1) is 0 Å². The molecule has 1 aliphatic heterocycles. The average molecular weight is 835 g/mol. The second-order valence-electron chi connectivity index (χ2n) is 15.9. The van der Waals surface area contributed by atoms with Crippen molar-refractivity contribution < 1.29 is 53.8 Å². The number of aliphatic hydroxyl groups is 3. The minimum absolute atomic E-state index is 0.181. The molecule has 0 aromatic heterocycles. The third-order valence-electron chi connectivity index (χ3n) is 10.4. The summed E-state index contributed by atoms with van der Waals surface area (Å²) in [5.41, 5.74) is 0. The van der Waals surface area contributed by atoms with Crippen LogP contribution in [0.3, 0.4) is 0 Å². The second-order valence-corrected chi connectivity index (χ2v) is 15.9. The van der Waals surface area contributed by atoms with Crippen LogP contribution in [0.4, 0.5) is 0 Å². The van der Waals surface area contributed by atoms with Gasteiger partial charge in [0, 0.05) is 12.8 Å². The van der Waals surface area contributed by atoms with Crippen molar-refractivity contribution in [1.29, 1.82) is 0 Å².